The number of rotatable bonds is 6. The second-order valence-electron chi connectivity index (χ2n) is 8.89. The first-order chi connectivity index (χ1) is 15.3. The molecule has 0 radical (unpaired) electrons. The molecule has 1 aliphatic heterocycles. The average Bonchev–Trinajstić information content (AvgIpc) is 3.28. The first-order valence-corrected chi connectivity index (χ1v) is 11.5. The van der Waals surface area contributed by atoms with E-state index in [0.717, 1.165) is 16.9 Å². The third kappa shape index (κ3) is 4.11. The smallest absolute Gasteiger partial charge is 0.243 e. The summed E-state index contributed by atoms with van der Waals surface area (Å²) in [6.45, 7) is 8.80. The summed E-state index contributed by atoms with van der Waals surface area (Å²) in [6, 6.07) is 15.4. The standard InChI is InChI=1S/C25H29ClN4O2/c1-16(2)30(17(3)4)24(32)15-29-22-12-8-6-10-20(22)27-25(29)18-13-23(31)28(14-18)21-11-7-5-9-19(21)26/h5-12,16-18H,13-15H2,1-4H3. The zero-order valence-electron chi connectivity index (χ0n) is 19.0. The van der Waals surface area contributed by atoms with E-state index in [4.69, 9.17) is 16.6 Å². The Morgan fingerprint density at radius 1 is 1.09 bits per heavy atom. The van der Waals surface area contributed by atoms with Gasteiger partial charge in [0.2, 0.25) is 11.8 Å². The number of carbonyl (C=O) groups excluding carboxylic acids is 2. The number of carbonyl (C=O) groups is 2. The molecule has 0 aliphatic carbocycles. The van der Waals surface area contributed by atoms with Crippen LogP contribution >= 0.6 is 11.6 Å². The van der Waals surface area contributed by atoms with E-state index in [-0.39, 0.29) is 36.4 Å². The molecule has 0 bridgehead atoms. The SMILES string of the molecule is CC(C)N(C(=O)Cn1c(C2CC(=O)N(c3ccccc3Cl)C2)nc2ccccc21)C(C)C. The number of para-hydroxylation sites is 3. The van der Waals surface area contributed by atoms with Crippen molar-refractivity contribution < 1.29 is 9.59 Å². The number of fused-ring (bicyclic) bond motifs is 1. The van der Waals surface area contributed by atoms with Gasteiger partial charge in [0, 0.05) is 31.0 Å². The van der Waals surface area contributed by atoms with Gasteiger partial charge in [-0.15, -0.1) is 0 Å². The molecular formula is C25H29ClN4O2. The van der Waals surface area contributed by atoms with Crippen molar-refractivity contribution in [2.75, 3.05) is 11.4 Å². The van der Waals surface area contributed by atoms with Crippen molar-refractivity contribution in [3.63, 3.8) is 0 Å². The Bertz CT molecular complexity index is 1150. The highest BCUT2D eigenvalue weighted by Crippen LogP contribution is 2.36. The molecule has 2 amide bonds. The molecule has 32 heavy (non-hydrogen) atoms. The quantitative estimate of drug-likeness (QED) is 0.536. The first-order valence-electron chi connectivity index (χ1n) is 11.1. The van der Waals surface area contributed by atoms with Gasteiger partial charge in [-0.05, 0) is 52.0 Å². The number of amides is 2. The Kier molecular flexibility index (Phi) is 6.24. The van der Waals surface area contributed by atoms with E-state index in [1.165, 1.54) is 0 Å². The Morgan fingerprint density at radius 3 is 2.44 bits per heavy atom. The van der Waals surface area contributed by atoms with Crippen LogP contribution in [0.5, 0.6) is 0 Å². The van der Waals surface area contributed by atoms with Gasteiger partial charge in [-0.3, -0.25) is 9.59 Å². The first kappa shape index (κ1) is 22.3. The van der Waals surface area contributed by atoms with E-state index in [2.05, 4.69) is 0 Å². The van der Waals surface area contributed by atoms with Gasteiger partial charge in [0.05, 0.1) is 21.7 Å². The van der Waals surface area contributed by atoms with Crippen molar-refractivity contribution in [1.29, 1.82) is 0 Å². The number of hydrogen-bond acceptors (Lipinski definition) is 3. The van der Waals surface area contributed by atoms with E-state index in [1.807, 2.05) is 79.6 Å². The Labute approximate surface area is 193 Å². The molecular weight excluding hydrogens is 424 g/mol. The van der Waals surface area contributed by atoms with Crippen LogP contribution in [0.25, 0.3) is 11.0 Å². The number of hydrogen-bond donors (Lipinski definition) is 0. The van der Waals surface area contributed by atoms with Crippen LogP contribution in [0.3, 0.4) is 0 Å². The van der Waals surface area contributed by atoms with E-state index in [9.17, 15) is 9.59 Å². The minimum atomic E-state index is -0.120. The molecule has 2 aromatic carbocycles. The van der Waals surface area contributed by atoms with Crippen LogP contribution in [0.15, 0.2) is 48.5 Å². The van der Waals surface area contributed by atoms with Crippen LogP contribution in [-0.2, 0) is 16.1 Å². The molecule has 6 nitrogen and oxygen atoms in total. The molecule has 1 aromatic heterocycles. The fraction of sp³-hybridized carbons (Fsp3) is 0.400. The van der Waals surface area contributed by atoms with Crippen LogP contribution in [0.1, 0.15) is 45.9 Å². The third-order valence-electron chi connectivity index (χ3n) is 6.01. The van der Waals surface area contributed by atoms with E-state index in [1.54, 1.807) is 11.0 Å². The normalized spacial score (nSPS) is 16.5. The molecule has 1 aliphatic rings. The number of imidazole rings is 1. The summed E-state index contributed by atoms with van der Waals surface area (Å²) in [6.07, 6.45) is 0.334. The lowest BCUT2D eigenvalue weighted by molar-refractivity contribution is -0.135. The maximum absolute atomic E-state index is 13.3. The van der Waals surface area contributed by atoms with Crippen LogP contribution in [0.4, 0.5) is 5.69 Å². The van der Waals surface area contributed by atoms with Gasteiger partial charge in [0.25, 0.3) is 0 Å². The summed E-state index contributed by atoms with van der Waals surface area (Å²) in [5.41, 5.74) is 2.46. The molecule has 0 N–H and O–H groups in total. The molecule has 3 aromatic rings. The van der Waals surface area contributed by atoms with Crippen molar-refractivity contribution in [3.8, 4) is 0 Å². The Hall–Kier alpha value is -2.86. The van der Waals surface area contributed by atoms with E-state index in [0.29, 0.717) is 23.7 Å². The number of benzene rings is 2. The molecule has 2 heterocycles. The predicted molar refractivity (Wildman–Crippen MR) is 128 cm³/mol. The molecule has 1 fully saturated rings. The largest absolute Gasteiger partial charge is 0.336 e. The Morgan fingerprint density at radius 2 is 1.75 bits per heavy atom. The van der Waals surface area contributed by atoms with Crippen molar-refractivity contribution in [1.82, 2.24) is 14.5 Å². The topological polar surface area (TPSA) is 58.4 Å². The van der Waals surface area contributed by atoms with Crippen LogP contribution in [0.2, 0.25) is 5.02 Å². The highest BCUT2D eigenvalue weighted by molar-refractivity contribution is 6.33. The fourth-order valence-corrected chi connectivity index (χ4v) is 4.98. The van der Waals surface area contributed by atoms with Crippen molar-refractivity contribution in [2.45, 2.75) is 58.7 Å². The van der Waals surface area contributed by atoms with Gasteiger partial charge < -0.3 is 14.4 Å². The zero-order chi connectivity index (χ0) is 23.0. The molecule has 0 saturated carbocycles. The second-order valence-corrected chi connectivity index (χ2v) is 9.30. The number of nitrogens with zero attached hydrogens (tertiary/aromatic N) is 4. The molecule has 7 heteroatoms. The Balaban J connectivity index is 1.70. The number of anilines is 1. The third-order valence-corrected chi connectivity index (χ3v) is 6.33. The van der Waals surface area contributed by atoms with Crippen LogP contribution in [-0.4, -0.2) is 44.9 Å². The summed E-state index contributed by atoms with van der Waals surface area (Å²) in [5, 5.41) is 0.551. The zero-order valence-corrected chi connectivity index (χ0v) is 19.7. The van der Waals surface area contributed by atoms with Gasteiger partial charge in [0.15, 0.2) is 0 Å². The van der Waals surface area contributed by atoms with Gasteiger partial charge >= 0.3 is 0 Å². The molecule has 1 saturated heterocycles. The number of aromatic nitrogens is 2. The van der Waals surface area contributed by atoms with E-state index >= 15 is 0 Å². The van der Waals surface area contributed by atoms with Crippen LogP contribution in [0, 0.1) is 0 Å². The minimum Gasteiger partial charge on any atom is -0.336 e. The van der Waals surface area contributed by atoms with Gasteiger partial charge in [-0.25, -0.2) is 4.98 Å². The molecule has 1 atom stereocenters. The maximum atomic E-state index is 13.3. The second kappa shape index (κ2) is 8.94. The van der Waals surface area contributed by atoms with Crippen LogP contribution < -0.4 is 4.90 Å². The summed E-state index contributed by atoms with van der Waals surface area (Å²) in [7, 11) is 0. The predicted octanol–water partition coefficient (Wildman–Crippen LogP) is 4.86. The van der Waals surface area contributed by atoms with Gasteiger partial charge in [0.1, 0.15) is 12.4 Å². The summed E-state index contributed by atoms with van der Waals surface area (Å²) < 4.78 is 1.99. The fourth-order valence-electron chi connectivity index (χ4n) is 4.75. The highest BCUT2D eigenvalue weighted by Gasteiger charge is 2.36. The van der Waals surface area contributed by atoms with E-state index < -0.39 is 0 Å². The van der Waals surface area contributed by atoms with Crippen molar-refractivity contribution in [2.24, 2.45) is 0 Å². The van der Waals surface area contributed by atoms with Crippen molar-refractivity contribution >= 4 is 40.1 Å². The van der Waals surface area contributed by atoms with Gasteiger partial charge in [-0.2, -0.15) is 0 Å². The minimum absolute atomic E-state index is 0.0130. The molecule has 4 rings (SSSR count). The van der Waals surface area contributed by atoms with Gasteiger partial charge in [-0.1, -0.05) is 35.9 Å². The maximum Gasteiger partial charge on any atom is 0.243 e. The lowest BCUT2D eigenvalue weighted by Gasteiger charge is -2.31. The summed E-state index contributed by atoms with van der Waals surface area (Å²) >= 11 is 6.36. The lowest BCUT2D eigenvalue weighted by Crippen LogP contribution is -2.44. The van der Waals surface area contributed by atoms with Crippen molar-refractivity contribution in [3.05, 3.63) is 59.4 Å². The average molecular weight is 453 g/mol. The number of halogens is 1. The monoisotopic (exact) mass is 452 g/mol. The lowest BCUT2D eigenvalue weighted by atomic mass is 10.1. The molecule has 0 spiro atoms. The highest BCUT2D eigenvalue weighted by atomic mass is 35.5. The molecule has 168 valence electrons. The summed E-state index contributed by atoms with van der Waals surface area (Å²) in [5.74, 6) is 0.714. The summed E-state index contributed by atoms with van der Waals surface area (Å²) in [4.78, 5) is 34.7. The molecule has 1 unspecified atom stereocenters.